The van der Waals surface area contributed by atoms with Gasteiger partial charge in [0.1, 0.15) is 18.1 Å². The lowest BCUT2D eigenvalue weighted by Crippen LogP contribution is -2.33. The summed E-state index contributed by atoms with van der Waals surface area (Å²) in [5, 5.41) is 7.20. The van der Waals surface area contributed by atoms with E-state index in [4.69, 9.17) is 14.6 Å². The van der Waals surface area contributed by atoms with Crippen LogP contribution in [0.5, 0.6) is 11.5 Å². The van der Waals surface area contributed by atoms with E-state index in [0.29, 0.717) is 6.61 Å². The number of ether oxygens (including phenoxy) is 2. The van der Waals surface area contributed by atoms with Crippen molar-refractivity contribution in [1.29, 1.82) is 0 Å². The Labute approximate surface area is 196 Å². The van der Waals surface area contributed by atoms with Crippen molar-refractivity contribution < 1.29 is 9.47 Å². The molecule has 0 aromatic heterocycles. The summed E-state index contributed by atoms with van der Waals surface area (Å²) in [6, 6.07) is 25.4. The molecule has 0 aliphatic carbocycles. The summed E-state index contributed by atoms with van der Waals surface area (Å²) in [7, 11) is 0. The van der Waals surface area contributed by atoms with Crippen molar-refractivity contribution in [3.05, 3.63) is 108 Å². The third-order valence-electron chi connectivity index (χ3n) is 6.32. The molecule has 0 saturated carbocycles. The van der Waals surface area contributed by atoms with Crippen LogP contribution in [-0.2, 0) is 5.41 Å². The van der Waals surface area contributed by atoms with Crippen LogP contribution in [0.3, 0.4) is 0 Å². The lowest BCUT2D eigenvalue weighted by molar-refractivity contribution is -0.0190. The van der Waals surface area contributed by atoms with Gasteiger partial charge in [0, 0.05) is 17.5 Å². The number of fused-ring (bicyclic) bond motifs is 3. The Morgan fingerprint density at radius 1 is 1.03 bits per heavy atom. The highest BCUT2D eigenvalue weighted by atomic mass is 16.5. The molecule has 2 atom stereocenters. The monoisotopic (exact) mass is 438 g/mol. The van der Waals surface area contributed by atoms with Crippen molar-refractivity contribution in [3.8, 4) is 11.5 Å². The summed E-state index contributed by atoms with van der Waals surface area (Å²) < 4.78 is 12.1. The second-order valence-electron chi connectivity index (χ2n) is 9.65. The Bertz CT molecular complexity index is 1170. The third-order valence-corrected chi connectivity index (χ3v) is 6.32. The smallest absolute Gasteiger partial charge is 0.213 e. The van der Waals surface area contributed by atoms with Crippen molar-refractivity contribution in [1.82, 2.24) is 5.01 Å². The van der Waals surface area contributed by atoms with Gasteiger partial charge in [0.15, 0.2) is 0 Å². The highest BCUT2D eigenvalue weighted by Gasteiger charge is 2.40. The van der Waals surface area contributed by atoms with E-state index in [1.165, 1.54) is 11.1 Å². The van der Waals surface area contributed by atoms with E-state index < -0.39 is 0 Å². The maximum absolute atomic E-state index is 6.49. The minimum absolute atomic E-state index is 0.113. The van der Waals surface area contributed by atoms with E-state index in [0.717, 1.165) is 34.8 Å². The summed E-state index contributed by atoms with van der Waals surface area (Å²) in [6.45, 7) is 10.9. The van der Waals surface area contributed by atoms with Gasteiger partial charge in [-0.05, 0) is 46.9 Å². The first kappa shape index (κ1) is 21.3. The van der Waals surface area contributed by atoms with E-state index in [-0.39, 0.29) is 17.7 Å². The van der Waals surface area contributed by atoms with Gasteiger partial charge in [0.05, 0.1) is 11.8 Å². The maximum Gasteiger partial charge on any atom is 0.213 e. The highest BCUT2D eigenvalue weighted by Crippen LogP contribution is 2.47. The zero-order valence-electron chi connectivity index (χ0n) is 19.5. The Morgan fingerprint density at radius 3 is 2.45 bits per heavy atom. The van der Waals surface area contributed by atoms with Gasteiger partial charge in [0.25, 0.3) is 0 Å². The summed E-state index contributed by atoms with van der Waals surface area (Å²) in [5.74, 6) is 1.77. The fourth-order valence-electron chi connectivity index (χ4n) is 4.48. The van der Waals surface area contributed by atoms with Crippen LogP contribution < -0.4 is 9.47 Å². The van der Waals surface area contributed by atoms with Crippen LogP contribution in [0, 0.1) is 0 Å². The molecular weight excluding hydrogens is 408 g/mol. The van der Waals surface area contributed by atoms with Crippen LogP contribution in [0.4, 0.5) is 0 Å². The average Bonchev–Trinajstić information content (AvgIpc) is 3.28. The van der Waals surface area contributed by atoms with Crippen LogP contribution in [-0.4, -0.2) is 17.3 Å². The first-order valence-corrected chi connectivity index (χ1v) is 11.5. The zero-order chi connectivity index (χ0) is 23.0. The molecule has 0 bridgehead atoms. The van der Waals surface area contributed by atoms with Crippen molar-refractivity contribution >= 4 is 5.71 Å². The van der Waals surface area contributed by atoms with Crippen molar-refractivity contribution in [2.45, 2.75) is 44.9 Å². The van der Waals surface area contributed by atoms with Crippen LogP contribution in [0.1, 0.15) is 61.7 Å². The predicted octanol–water partition coefficient (Wildman–Crippen LogP) is 6.79. The van der Waals surface area contributed by atoms with E-state index in [1.807, 2.05) is 18.2 Å². The molecule has 2 aliphatic rings. The van der Waals surface area contributed by atoms with E-state index >= 15 is 0 Å². The van der Waals surface area contributed by atoms with Gasteiger partial charge in [-0.25, -0.2) is 5.01 Å². The Balaban J connectivity index is 1.48. The molecule has 33 heavy (non-hydrogen) atoms. The summed E-state index contributed by atoms with van der Waals surface area (Å²) in [6.07, 6.45) is 2.33. The fourth-order valence-corrected chi connectivity index (χ4v) is 4.48. The van der Waals surface area contributed by atoms with Gasteiger partial charge in [-0.1, -0.05) is 75.9 Å². The van der Waals surface area contributed by atoms with Crippen molar-refractivity contribution in [2.24, 2.45) is 5.10 Å². The van der Waals surface area contributed by atoms with Gasteiger partial charge in [0.2, 0.25) is 6.23 Å². The van der Waals surface area contributed by atoms with Gasteiger partial charge in [-0.15, -0.1) is 0 Å². The van der Waals surface area contributed by atoms with Gasteiger partial charge >= 0.3 is 0 Å². The molecule has 0 saturated heterocycles. The van der Waals surface area contributed by atoms with Crippen LogP contribution in [0.2, 0.25) is 0 Å². The number of hydrogen-bond donors (Lipinski definition) is 0. The molecule has 0 unspecified atom stereocenters. The van der Waals surface area contributed by atoms with Crippen LogP contribution in [0.25, 0.3) is 0 Å². The van der Waals surface area contributed by atoms with Crippen molar-refractivity contribution in [2.75, 3.05) is 6.61 Å². The lowest BCUT2D eigenvalue weighted by Gasteiger charge is -2.38. The second-order valence-corrected chi connectivity index (χ2v) is 9.65. The van der Waals surface area contributed by atoms with Gasteiger partial charge < -0.3 is 9.47 Å². The number of benzene rings is 3. The zero-order valence-corrected chi connectivity index (χ0v) is 19.5. The molecule has 0 spiro atoms. The summed E-state index contributed by atoms with van der Waals surface area (Å²) in [4.78, 5) is 0. The minimum atomic E-state index is -0.258. The van der Waals surface area contributed by atoms with Crippen LogP contribution in [0.15, 0.2) is 90.6 Å². The molecule has 4 nitrogen and oxygen atoms in total. The molecule has 2 heterocycles. The molecule has 5 rings (SSSR count). The van der Waals surface area contributed by atoms with Gasteiger partial charge in [-0.3, -0.25) is 0 Å². The normalized spacial score (nSPS) is 19.2. The number of nitrogens with zero attached hydrogens (tertiary/aromatic N) is 2. The minimum Gasteiger partial charge on any atom is -0.490 e. The highest BCUT2D eigenvalue weighted by molar-refractivity contribution is 6.02. The van der Waals surface area contributed by atoms with Crippen molar-refractivity contribution in [3.63, 3.8) is 0 Å². The molecule has 0 N–H and O–H groups in total. The third kappa shape index (κ3) is 4.13. The molecule has 4 heteroatoms. The first-order valence-electron chi connectivity index (χ1n) is 11.5. The molecule has 2 aliphatic heterocycles. The molecule has 0 radical (unpaired) electrons. The molecular formula is C29H30N2O2. The Morgan fingerprint density at radius 2 is 1.76 bits per heavy atom. The lowest BCUT2D eigenvalue weighted by atomic mass is 9.86. The van der Waals surface area contributed by atoms with E-state index in [1.54, 1.807) is 6.08 Å². The summed E-state index contributed by atoms with van der Waals surface area (Å²) >= 11 is 0. The number of hydrazone groups is 1. The quantitative estimate of drug-likeness (QED) is 0.411. The topological polar surface area (TPSA) is 34.1 Å². The number of rotatable bonds is 5. The summed E-state index contributed by atoms with van der Waals surface area (Å²) in [5.41, 5.74) is 5.89. The Hall–Kier alpha value is -3.53. The largest absolute Gasteiger partial charge is 0.490 e. The maximum atomic E-state index is 6.49. The molecule has 3 aromatic rings. The first-order chi connectivity index (χ1) is 15.9. The number of para-hydroxylation sites is 1. The average molecular weight is 439 g/mol. The number of hydrogen-bond acceptors (Lipinski definition) is 4. The van der Waals surface area contributed by atoms with E-state index in [9.17, 15) is 0 Å². The van der Waals surface area contributed by atoms with Gasteiger partial charge in [-0.2, -0.15) is 5.10 Å². The molecule has 0 amide bonds. The Kier molecular flexibility index (Phi) is 5.45. The van der Waals surface area contributed by atoms with E-state index in [2.05, 4.69) is 87.0 Å². The molecule has 168 valence electrons. The molecule has 3 aromatic carbocycles. The standard InChI is InChI=1S/C29H30N2O2/c1-5-18-32-23-16-12-20(13-17-23)25-19-26-24-8-6-7-9-27(24)33-28(31(26)30-25)21-10-14-22(15-11-21)29(2,3)4/h5-17,26,28H,1,18-19H2,2-4H3/t26-,28-/m0/s1. The molecule has 0 fully saturated rings. The SMILES string of the molecule is C=CCOc1ccc(C2=NN3[C@@H](C2)c2ccccc2O[C@H]3c2ccc(C(C)(C)C)cc2)cc1. The fraction of sp³-hybridized carbons (Fsp3) is 0.276. The second kappa shape index (κ2) is 8.43. The predicted molar refractivity (Wildman–Crippen MR) is 133 cm³/mol. The van der Waals surface area contributed by atoms with Crippen LogP contribution >= 0.6 is 0 Å².